The standard InChI is InChI=1S/C15H18ClFN2O3/c1-22-13(20)15(17)7-9-19(10-15)14(21)18-8-6-11-4-2-3-5-12(11)16/h2-5H,6-10H2,1H3,(H,18,21). The van der Waals surface area contributed by atoms with E-state index in [9.17, 15) is 14.0 Å². The molecule has 1 atom stereocenters. The van der Waals surface area contributed by atoms with E-state index in [1.807, 2.05) is 18.2 Å². The van der Waals surface area contributed by atoms with Gasteiger partial charge in [-0.05, 0) is 18.1 Å². The van der Waals surface area contributed by atoms with E-state index in [0.29, 0.717) is 18.0 Å². The molecule has 2 rings (SSSR count). The van der Waals surface area contributed by atoms with Crippen molar-refractivity contribution < 1.29 is 18.7 Å². The molecule has 22 heavy (non-hydrogen) atoms. The fourth-order valence-electron chi connectivity index (χ4n) is 2.41. The lowest BCUT2D eigenvalue weighted by atomic mass is 10.1. The molecule has 0 spiro atoms. The van der Waals surface area contributed by atoms with E-state index in [-0.39, 0.29) is 19.5 Å². The van der Waals surface area contributed by atoms with Gasteiger partial charge in [0.05, 0.1) is 13.7 Å². The molecule has 0 aromatic heterocycles. The third kappa shape index (κ3) is 3.68. The number of urea groups is 1. The number of hydrogen-bond acceptors (Lipinski definition) is 3. The summed E-state index contributed by atoms with van der Waals surface area (Å²) in [6.45, 7) is 0.289. The smallest absolute Gasteiger partial charge is 0.345 e. The van der Waals surface area contributed by atoms with Gasteiger partial charge < -0.3 is 15.0 Å². The van der Waals surface area contributed by atoms with Crippen molar-refractivity contribution in [3.8, 4) is 0 Å². The Morgan fingerprint density at radius 1 is 1.45 bits per heavy atom. The summed E-state index contributed by atoms with van der Waals surface area (Å²) in [6.07, 6.45) is 0.536. The third-order valence-corrected chi connectivity index (χ3v) is 4.06. The molecule has 0 aliphatic carbocycles. The number of alkyl halides is 1. The largest absolute Gasteiger partial charge is 0.467 e. The van der Waals surface area contributed by atoms with Crippen molar-refractivity contribution in [2.45, 2.75) is 18.5 Å². The number of carbonyl (C=O) groups excluding carboxylic acids is 2. The lowest BCUT2D eigenvalue weighted by Crippen LogP contribution is -2.43. The van der Waals surface area contributed by atoms with Gasteiger partial charge in [0, 0.05) is 24.5 Å². The SMILES string of the molecule is COC(=O)C1(F)CCN(C(=O)NCCc2ccccc2Cl)C1. The van der Waals surface area contributed by atoms with E-state index in [1.165, 1.54) is 4.90 Å². The van der Waals surface area contributed by atoms with Crippen molar-refractivity contribution in [2.24, 2.45) is 0 Å². The van der Waals surface area contributed by atoms with Crippen molar-refractivity contribution in [3.05, 3.63) is 34.9 Å². The maximum atomic E-state index is 14.2. The second-order valence-corrected chi connectivity index (χ2v) is 5.61. The van der Waals surface area contributed by atoms with Crippen LogP contribution in [0, 0.1) is 0 Å². The Balaban J connectivity index is 1.82. The highest BCUT2D eigenvalue weighted by Crippen LogP contribution is 2.26. The normalized spacial score (nSPS) is 20.8. The van der Waals surface area contributed by atoms with Gasteiger partial charge in [-0.2, -0.15) is 0 Å². The van der Waals surface area contributed by atoms with Gasteiger partial charge in [0.15, 0.2) is 0 Å². The van der Waals surface area contributed by atoms with Crippen LogP contribution in [0.2, 0.25) is 5.02 Å². The van der Waals surface area contributed by atoms with Gasteiger partial charge in [0.2, 0.25) is 5.67 Å². The van der Waals surface area contributed by atoms with Crippen molar-refractivity contribution in [1.82, 2.24) is 10.2 Å². The molecule has 2 amide bonds. The van der Waals surface area contributed by atoms with Crippen LogP contribution in [0.3, 0.4) is 0 Å². The zero-order valence-corrected chi connectivity index (χ0v) is 13.0. The molecule has 0 radical (unpaired) electrons. The number of rotatable bonds is 4. The summed E-state index contributed by atoms with van der Waals surface area (Å²) >= 11 is 6.03. The molecule has 1 aromatic carbocycles. The van der Waals surface area contributed by atoms with E-state index in [0.717, 1.165) is 12.7 Å². The molecule has 0 saturated carbocycles. The fourth-order valence-corrected chi connectivity index (χ4v) is 2.64. The lowest BCUT2D eigenvalue weighted by Gasteiger charge is -2.19. The molecule has 1 aromatic rings. The number of nitrogens with zero attached hydrogens (tertiary/aromatic N) is 1. The minimum atomic E-state index is -2.10. The van der Waals surface area contributed by atoms with Crippen LogP contribution in [0.4, 0.5) is 9.18 Å². The Kier molecular flexibility index (Phi) is 5.24. The Hall–Kier alpha value is -1.82. The van der Waals surface area contributed by atoms with Crippen LogP contribution in [-0.4, -0.2) is 49.3 Å². The van der Waals surface area contributed by atoms with Crippen LogP contribution in [0.15, 0.2) is 24.3 Å². The predicted molar refractivity (Wildman–Crippen MR) is 80.6 cm³/mol. The number of amides is 2. The van der Waals surface area contributed by atoms with Gasteiger partial charge in [-0.3, -0.25) is 0 Å². The molecule has 7 heteroatoms. The highest BCUT2D eigenvalue weighted by Gasteiger charge is 2.47. The van der Waals surface area contributed by atoms with Gasteiger partial charge in [-0.25, -0.2) is 14.0 Å². The molecule has 1 aliphatic rings. The van der Waals surface area contributed by atoms with Crippen molar-refractivity contribution in [1.29, 1.82) is 0 Å². The molecule has 1 aliphatic heterocycles. The highest BCUT2D eigenvalue weighted by atomic mass is 35.5. The average Bonchev–Trinajstić information content (AvgIpc) is 2.92. The van der Waals surface area contributed by atoms with Crippen LogP contribution in [0.5, 0.6) is 0 Å². The van der Waals surface area contributed by atoms with Gasteiger partial charge in [0.25, 0.3) is 0 Å². The van der Waals surface area contributed by atoms with Crippen LogP contribution >= 0.6 is 11.6 Å². The van der Waals surface area contributed by atoms with Gasteiger partial charge in [0.1, 0.15) is 0 Å². The first-order valence-corrected chi connectivity index (χ1v) is 7.37. The number of nitrogens with one attached hydrogen (secondary N) is 1. The second kappa shape index (κ2) is 6.96. The molecule has 120 valence electrons. The zero-order chi connectivity index (χ0) is 16.2. The van der Waals surface area contributed by atoms with Crippen LogP contribution < -0.4 is 5.32 Å². The van der Waals surface area contributed by atoms with Gasteiger partial charge >= 0.3 is 12.0 Å². The van der Waals surface area contributed by atoms with Crippen molar-refractivity contribution in [2.75, 3.05) is 26.7 Å². The summed E-state index contributed by atoms with van der Waals surface area (Å²) in [6, 6.07) is 6.98. The summed E-state index contributed by atoms with van der Waals surface area (Å²) < 4.78 is 18.7. The fraction of sp³-hybridized carbons (Fsp3) is 0.467. The third-order valence-electron chi connectivity index (χ3n) is 3.69. The number of ether oxygens (including phenoxy) is 1. The number of carbonyl (C=O) groups is 2. The summed E-state index contributed by atoms with van der Waals surface area (Å²) in [7, 11) is 1.13. The first-order chi connectivity index (χ1) is 10.5. The number of likely N-dealkylation sites (tertiary alicyclic amines) is 1. The van der Waals surface area contributed by atoms with E-state index in [4.69, 9.17) is 11.6 Å². The average molecular weight is 329 g/mol. The Morgan fingerprint density at radius 2 is 2.18 bits per heavy atom. The molecule has 1 heterocycles. The Morgan fingerprint density at radius 3 is 2.86 bits per heavy atom. The van der Waals surface area contributed by atoms with Crippen molar-refractivity contribution >= 4 is 23.6 Å². The molecule has 0 bridgehead atoms. The molecule has 1 saturated heterocycles. The molecular weight excluding hydrogens is 311 g/mol. The molecule has 5 nitrogen and oxygen atoms in total. The van der Waals surface area contributed by atoms with E-state index < -0.39 is 17.7 Å². The highest BCUT2D eigenvalue weighted by molar-refractivity contribution is 6.31. The maximum absolute atomic E-state index is 14.2. The first-order valence-electron chi connectivity index (χ1n) is 7.00. The number of halogens is 2. The predicted octanol–water partition coefficient (Wildman–Crippen LogP) is 2.18. The summed E-state index contributed by atoms with van der Waals surface area (Å²) in [5.74, 6) is -0.932. The van der Waals surface area contributed by atoms with Crippen LogP contribution in [0.1, 0.15) is 12.0 Å². The molecule has 1 N–H and O–H groups in total. The minimum Gasteiger partial charge on any atom is -0.467 e. The Bertz CT molecular complexity index is 569. The summed E-state index contributed by atoms with van der Waals surface area (Å²) in [4.78, 5) is 24.6. The number of benzene rings is 1. The zero-order valence-electron chi connectivity index (χ0n) is 12.3. The first kappa shape index (κ1) is 16.5. The lowest BCUT2D eigenvalue weighted by molar-refractivity contribution is -0.153. The monoisotopic (exact) mass is 328 g/mol. The van der Waals surface area contributed by atoms with E-state index in [1.54, 1.807) is 6.07 Å². The van der Waals surface area contributed by atoms with Gasteiger partial charge in [-0.15, -0.1) is 0 Å². The maximum Gasteiger partial charge on any atom is 0.345 e. The topological polar surface area (TPSA) is 58.6 Å². The summed E-state index contributed by atoms with van der Waals surface area (Å²) in [5.41, 5.74) is -1.17. The van der Waals surface area contributed by atoms with Crippen molar-refractivity contribution in [3.63, 3.8) is 0 Å². The second-order valence-electron chi connectivity index (χ2n) is 5.20. The Labute approximate surface area is 133 Å². The quantitative estimate of drug-likeness (QED) is 0.862. The molecule has 1 fully saturated rings. The van der Waals surface area contributed by atoms with E-state index >= 15 is 0 Å². The minimum absolute atomic E-state index is 0.0440. The van der Waals surface area contributed by atoms with Gasteiger partial charge in [-0.1, -0.05) is 29.8 Å². The van der Waals surface area contributed by atoms with Crippen LogP contribution in [0.25, 0.3) is 0 Å². The van der Waals surface area contributed by atoms with E-state index in [2.05, 4.69) is 10.1 Å². The summed E-state index contributed by atoms with van der Waals surface area (Å²) in [5, 5.41) is 3.35. The number of hydrogen-bond donors (Lipinski definition) is 1. The van der Waals surface area contributed by atoms with Crippen LogP contribution in [-0.2, 0) is 16.0 Å². The molecule has 1 unspecified atom stereocenters. The number of esters is 1. The molecular formula is C15H18ClFN2O3. The number of methoxy groups -OCH3 is 1.